The fraction of sp³-hybridized carbons (Fsp3) is 0.227. The molecule has 1 aliphatic rings. The summed E-state index contributed by atoms with van der Waals surface area (Å²) in [4.78, 5) is 20.6. The highest BCUT2D eigenvalue weighted by atomic mass is 35.5. The lowest BCUT2D eigenvalue weighted by Crippen LogP contribution is -2.49. The van der Waals surface area contributed by atoms with Crippen LogP contribution in [-0.2, 0) is 0 Å². The Bertz CT molecular complexity index is 1070. The fourth-order valence-corrected chi connectivity index (χ4v) is 4.35. The van der Waals surface area contributed by atoms with E-state index in [4.69, 9.17) is 28.4 Å². The lowest BCUT2D eigenvalue weighted by atomic mass is 10.0. The summed E-state index contributed by atoms with van der Waals surface area (Å²) in [5, 5.41) is 10.2. The van der Waals surface area contributed by atoms with E-state index in [1.54, 1.807) is 12.1 Å². The van der Waals surface area contributed by atoms with Crippen molar-refractivity contribution < 1.29 is 10.0 Å². The van der Waals surface area contributed by atoms with Crippen molar-refractivity contribution in [3.63, 3.8) is 0 Å². The molecule has 0 unspecified atom stereocenters. The Kier molecular flexibility index (Phi) is 5.90. The maximum absolute atomic E-state index is 13.4. The quantitative estimate of drug-likeness (QED) is 0.491. The third kappa shape index (κ3) is 3.86. The average molecular weight is 445 g/mol. The molecule has 2 aromatic carbocycles. The maximum atomic E-state index is 13.4. The number of hydrogen-bond acceptors (Lipinski definition) is 4. The number of aromatic amines is 1. The highest BCUT2D eigenvalue weighted by Gasteiger charge is 2.27. The number of rotatable bonds is 4. The van der Waals surface area contributed by atoms with Gasteiger partial charge in [-0.3, -0.25) is 15.5 Å². The number of aryl methyl sites for hydroxylation is 1. The number of carbonyl (C=O) groups excluding carboxylic acids is 1. The van der Waals surface area contributed by atoms with Gasteiger partial charge in [0.15, 0.2) is 0 Å². The summed E-state index contributed by atoms with van der Waals surface area (Å²) in [7, 11) is 0. The van der Waals surface area contributed by atoms with Gasteiger partial charge in [0, 0.05) is 43.0 Å². The van der Waals surface area contributed by atoms with Crippen molar-refractivity contribution in [3.8, 4) is 11.3 Å². The molecule has 4 rings (SSSR count). The van der Waals surface area contributed by atoms with Crippen LogP contribution in [0.1, 0.15) is 15.9 Å². The van der Waals surface area contributed by atoms with Gasteiger partial charge in [-0.15, -0.1) is 0 Å². The summed E-state index contributed by atoms with van der Waals surface area (Å²) in [5.41, 5.74) is 6.64. The molecule has 8 heteroatoms. The third-order valence-electron chi connectivity index (χ3n) is 5.42. The molecule has 3 aromatic rings. The van der Waals surface area contributed by atoms with Crippen molar-refractivity contribution in [2.45, 2.75) is 6.92 Å². The molecule has 0 bridgehead atoms. The van der Waals surface area contributed by atoms with Crippen LogP contribution in [0.4, 0.5) is 11.4 Å². The van der Waals surface area contributed by atoms with Crippen LogP contribution in [0.3, 0.4) is 0 Å². The Morgan fingerprint density at radius 1 is 1.07 bits per heavy atom. The van der Waals surface area contributed by atoms with Gasteiger partial charge in [-0.2, -0.15) is 0 Å². The van der Waals surface area contributed by atoms with Gasteiger partial charge in [0.2, 0.25) is 0 Å². The second kappa shape index (κ2) is 8.60. The number of halogens is 2. The monoisotopic (exact) mass is 444 g/mol. The van der Waals surface area contributed by atoms with E-state index in [9.17, 15) is 4.79 Å². The largest absolute Gasteiger partial charge is 0.367 e. The van der Waals surface area contributed by atoms with Crippen LogP contribution >= 0.6 is 23.2 Å². The Morgan fingerprint density at radius 3 is 2.47 bits per heavy atom. The highest BCUT2D eigenvalue weighted by molar-refractivity contribution is 6.34. The first-order valence-corrected chi connectivity index (χ1v) is 10.4. The molecule has 156 valence electrons. The zero-order chi connectivity index (χ0) is 21.3. The number of benzene rings is 2. The van der Waals surface area contributed by atoms with Crippen molar-refractivity contribution >= 4 is 40.5 Å². The zero-order valence-electron chi connectivity index (χ0n) is 16.5. The Morgan fingerprint density at radius 2 is 1.80 bits per heavy atom. The molecular weight excluding hydrogens is 423 g/mol. The van der Waals surface area contributed by atoms with Crippen LogP contribution in [0.25, 0.3) is 11.3 Å². The Labute approximate surface area is 185 Å². The highest BCUT2D eigenvalue weighted by Crippen LogP contribution is 2.33. The predicted octanol–water partition coefficient (Wildman–Crippen LogP) is 5.06. The van der Waals surface area contributed by atoms with Gasteiger partial charge in [0.1, 0.15) is 0 Å². The van der Waals surface area contributed by atoms with E-state index in [1.165, 1.54) is 0 Å². The molecule has 6 nitrogen and oxygen atoms in total. The van der Waals surface area contributed by atoms with Crippen LogP contribution < -0.4 is 10.4 Å². The normalized spacial score (nSPS) is 14.1. The van der Waals surface area contributed by atoms with E-state index >= 15 is 0 Å². The number of aromatic nitrogens is 1. The van der Waals surface area contributed by atoms with Gasteiger partial charge < -0.3 is 14.8 Å². The van der Waals surface area contributed by atoms with Gasteiger partial charge in [-0.25, -0.2) is 0 Å². The zero-order valence-corrected chi connectivity index (χ0v) is 18.0. The van der Waals surface area contributed by atoms with Gasteiger partial charge >= 0.3 is 0 Å². The lowest BCUT2D eigenvalue weighted by Gasteiger charge is -2.36. The van der Waals surface area contributed by atoms with Crippen molar-refractivity contribution in [2.75, 3.05) is 36.6 Å². The molecule has 0 spiro atoms. The molecular formula is C22H22Cl2N4O2. The first-order valence-electron chi connectivity index (χ1n) is 9.66. The van der Waals surface area contributed by atoms with Crippen LogP contribution in [0, 0.1) is 6.92 Å². The first kappa shape index (κ1) is 20.6. The SMILES string of the molecule is Cc1c[nH]c(-c2ccccc2Cl)c1C(=O)N1CCN(c2ccc(NO)cc2Cl)CC1. The number of hydrogen-bond donors (Lipinski definition) is 3. The minimum absolute atomic E-state index is 0.00533. The minimum atomic E-state index is -0.00533. The lowest BCUT2D eigenvalue weighted by molar-refractivity contribution is 0.0747. The summed E-state index contributed by atoms with van der Waals surface area (Å²) < 4.78 is 0. The molecule has 1 aromatic heterocycles. The summed E-state index contributed by atoms with van der Waals surface area (Å²) in [6.45, 7) is 4.44. The van der Waals surface area contributed by atoms with Crippen LogP contribution in [0.2, 0.25) is 10.0 Å². The van der Waals surface area contributed by atoms with E-state index in [0.29, 0.717) is 47.5 Å². The molecule has 0 radical (unpaired) electrons. The van der Waals surface area contributed by atoms with E-state index in [2.05, 4.69) is 15.4 Å². The maximum Gasteiger partial charge on any atom is 0.256 e. The van der Waals surface area contributed by atoms with Gasteiger partial charge in [-0.05, 0) is 36.8 Å². The van der Waals surface area contributed by atoms with Crippen molar-refractivity contribution in [3.05, 3.63) is 69.8 Å². The fourth-order valence-electron chi connectivity index (χ4n) is 3.82. The first-order chi connectivity index (χ1) is 14.5. The average Bonchev–Trinajstić information content (AvgIpc) is 3.14. The molecule has 30 heavy (non-hydrogen) atoms. The van der Waals surface area contributed by atoms with E-state index in [1.807, 2.05) is 48.4 Å². The van der Waals surface area contributed by atoms with Crippen molar-refractivity contribution in [1.29, 1.82) is 0 Å². The van der Waals surface area contributed by atoms with E-state index < -0.39 is 0 Å². The molecule has 1 aliphatic heterocycles. The van der Waals surface area contributed by atoms with E-state index in [0.717, 1.165) is 22.5 Å². The predicted molar refractivity (Wildman–Crippen MR) is 121 cm³/mol. The molecule has 1 fully saturated rings. The molecule has 2 heterocycles. The summed E-state index contributed by atoms with van der Waals surface area (Å²) in [5.74, 6) is -0.00533. The second-order valence-electron chi connectivity index (χ2n) is 7.26. The van der Waals surface area contributed by atoms with Gasteiger partial charge in [0.05, 0.1) is 27.7 Å². The summed E-state index contributed by atoms with van der Waals surface area (Å²) >= 11 is 12.7. The van der Waals surface area contributed by atoms with Gasteiger partial charge in [-0.1, -0.05) is 41.4 Å². The molecule has 3 N–H and O–H groups in total. The number of nitrogens with one attached hydrogen (secondary N) is 2. The number of carbonyl (C=O) groups is 1. The number of piperazine rings is 1. The number of H-pyrrole nitrogens is 1. The standard InChI is InChI=1S/C22H22Cl2N4O2/c1-14-13-25-21(16-4-2-3-5-17(16)23)20(14)22(29)28-10-8-27(9-11-28)19-7-6-15(26-30)12-18(19)24/h2-7,12-13,25-26,30H,8-11H2,1H3. The summed E-state index contributed by atoms with van der Waals surface area (Å²) in [6, 6.07) is 12.8. The van der Waals surface area contributed by atoms with E-state index in [-0.39, 0.29) is 5.91 Å². The van der Waals surface area contributed by atoms with Crippen molar-refractivity contribution in [1.82, 2.24) is 9.88 Å². The third-order valence-corrected chi connectivity index (χ3v) is 6.05. The summed E-state index contributed by atoms with van der Waals surface area (Å²) in [6.07, 6.45) is 1.85. The topological polar surface area (TPSA) is 71.6 Å². The number of anilines is 2. The Hall–Kier alpha value is -2.67. The molecule has 1 amide bonds. The van der Waals surface area contributed by atoms with Crippen LogP contribution in [0.15, 0.2) is 48.7 Å². The molecule has 0 saturated carbocycles. The molecule has 0 atom stereocenters. The van der Waals surface area contributed by atoms with Gasteiger partial charge in [0.25, 0.3) is 5.91 Å². The second-order valence-corrected chi connectivity index (χ2v) is 8.07. The minimum Gasteiger partial charge on any atom is -0.367 e. The Balaban J connectivity index is 1.52. The van der Waals surface area contributed by atoms with Crippen molar-refractivity contribution in [2.24, 2.45) is 0 Å². The van der Waals surface area contributed by atoms with Crippen LogP contribution in [-0.4, -0.2) is 47.2 Å². The van der Waals surface area contributed by atoms with Crippen LogP contribution in [0.5, 0.6) is 0 Å². The smallest absolute Gasteiger partial charge is 0.256 e. The molecule has 0 aliphatic carbocycles. The number of nitrogens with zero attached hydrogens (tertiary/aromatic N) is 2. The molecule has 1 saturated heterocycles. The number of amides is 1.